The topological polar surface area (TPSA) is 49.4 Å². The summed E-state index contributed by atoms with van der Waals surface area (Å²) in [6.07, 6.45) is 1.63. The molecule has 5 heteroatoms. The fraction of sp³-hybridized carbons (Fsp3) is 0.500. The Bertz CT molecular complexity index is 533. The number of hydrogen-bond donors (Lipinski definition) is 1. The average molecular weight is 292 g/mol. The van der Waals surface area contributed by atoms with Crippen LogP contribution in [-0.2, 0) is 9.59 Å². The van der Waals surface area contributed by atoms with Crippen molar-refractivity contribution >= 4 is 11.8 Å². The van der Waals surface area contributed by atoms with E-state index < -0.39 is 12.0 Å². The van der Waals surface area contributed by atoms with Gasteiger partial charge in [-0.25, -0.2) is 4.39 Å². The van der Waals surface area contributed by atoms with Crippen LogP contribution in [0.25, 0.3) is 0 Å². The van der Waals surface area contributed by atoms with E-state index in [1.54, 1.807) is 25.2 Å². The van der Waals surface area contributed by atoms with Crippen LogP contribution in [0.1, 0.15) is 37.8 Å². The van der Waals surface area contributed by atoms with Crippen LogP contribution in [0.3, 0.4) is 0 Å². The largest absolute Gasteiger partial charge is 0.356 e. The highest BCUT2D eigenvalue weighted by molar-refractivity contribution is 5.84. The highest BCUT2D eigenvalue weighted by Gasteiger charge is 2.39. The summed E-state index contributed by atoms with van der Waals surface area (Å²) >= 11 is 0. The summed E-state index contributed by atoms with van der Waals surface area (Å²) in [5, 5.41) is 2.86. The van der Waals surface area contributed by atoms with Crippen LogP contribution < -0.4 is 5.32 Å². The van der Waals surface area contributed by atoms with Crippen molar-refractivity contribution in [3.8, 4) is 0 Å². The molecule has 1 saturated heterocycles. The van der Waals surface area contributed by atoms with Crippen molar-refractivity contribution < 1.29 is 14.0 Å². The van der Waals surface area contributed by atoms with Gasteiger partial charge in [-0.05, 0) is 18.9 Å². The summed E-state index contributed by atoms with van der Waals surface area (Å²) in [5.41, 5.74) is 0.407. The summed E-state index contributed by atoms with van der Waals surface area (Å²) in [6, 6.07) is 5.81. The minimum absolute atomic E-state index is 0.0530. The first-order valence-electron chi connectivity index (χ1n) is 7.34. The number of halogens is 1. The van der Waals surface area contributed by atoms with Crippen molar-refractivity contribution in [3.63, 3.8) is 0 Å². The molecule has 21 heavy (non-hydrogen) atoms. The number of nitrogens with one attached hydrogen (secondary N) is 1. The molecular formula is C16H21FN2O2. The predicted octanol–water partition coefficient (Wildman–Crippen LogP) is 2.26. The first-order valence-corrected chi connectivity index (χ1v) is 7.34. The van der Waals surface area contributed by atoms with Crippen molar-refractivity contribution in [1.29, 1.82) is 0 Å². The van der Waals surface area contributed by atoms with Crippen molar-refractivity contribution in [2.75, 3.05) is 13.6 Å². The second-order valence-electron chi connectivity index (χ2n) is 5.41. The Balaban J connectivity index is 2.32. The quantitative estimate of drug-likeness (QED) is 0.925. The number of amides is 2. The molecule has 1 aromatic rings. The lowest BCUT2D eigenvalue weighted by Crippen LogP contribution is -2.46. The third kappa shape index (κ3) is 3.23. The first-order chi connectivity index (χ1) is 10.1. The smallest absolute Gasteiger partial charge is 0.225 e. The van der Waals surface area contributed by atoms with Crippen molar-refractivity contribution in [2.24, 2.45) is 5.92 Å². The van der Waals surface area contributed by atoms with Crippen molar-refractivity contribution in [2.45, 2.75) is 32.2 Å². The molecule has 0 bridgehead atoms. The van der Waals surface area contributed by atoms with Crippen LogP contribution in [0.5, 0.6) is 0 Å². The monoisotopic (exact) mass is 292 g/mol. The normalized spacial score (nSPS) is 22.2. The molecule has 1 N–H and O–H groups in total. The van der Waals surface area contributed by atoms with Gasteiger partial charge in [0.15, 0.2) is 0 Å². The molecule has 1 aliphatic heterocycles. The van der Waals surface area contributed by atoms with E-state index in [1.165, 1.54) is 11.0 Å². The van der Waals surface area contributed by atoms with Gasteiger partial charge in [-0.2, -0.15) is 0 Å². The zero-order valence-electron chi connectivity index (χ0n) is 12.4. The van der Waals surface area contributed by atoms with Crippen LogP contribution in [0.15, 0.2) is 24.3 Å². The molecule has 0 aromatic heterocycles. The van der Waals surface area contributed by atoms with E-state index in [0.717, 1.165) is 6.42 Å². The van der Waals surface area contributed by atoms with Crippen molar-refractivity contribution in [3.05, 3.63) is 35.6 Å². The second kappa shape index (κ2) is 6.70. The van der Waals surface area contributed by atoms with E-state index in [0.29, 0.717) is 24.9 Å². The molecule has 1 fully saturated rings. The summed E-state index contributed by atoms with van der Waals surface area (Å²) in [4.78, 5) is 25.8. The Kier molecular flexibility index (Phi) is 4.94. The Morgan fingerprint density at radius 2 is 2.14 bits per heavy atom. The molecule has 0 radical (unpaired) electrons. The van der Waals surface area contributed by atoms with E-state index in [9.17, 15) is 14.0 Å². The van der Waals surface area contributed by atoms with E-state index in [1.807, 2.05) is 6.92 Å². The van der Waals surface area contributed by atoms with E-state index in [2.05, 4.69) is 5.32 Å². The fourth-order valence-electron chi connectivity index (χ4n) is 2.83. The van der Waals surface area contributed by atoms with E-state index >= 15 is 0 Å². The highest BCUT2D eigenvalue weighted by atomic mass is 19.1. The number of piperidine rings is 1. The number of carbonyl (C=O) groups excluding carboxylic acids is 2. The molecule has 2 atom stereocenters. The third-order valence-electron chi connectivity index (χ3n) is 3.97. The number of likely N-dealkylation sites (tertiary alicyclic amines) is 1. The molecule has 2 rings (SSSR count). The maximum Gasteiger partial charge on any atom is 0.225 e. The van der Waals surface area contributed by atoms with Gasteiger partial charge < -0.3 is 10.2 Å². The Morgan fingerprint density at radius 3 is 2.81 bits per heavy atom. The van der Waals surface area contributed by atoms with Crippen LogP contribution in [0.2, 0.25) is 0 Å². The predicted molar refractivity (Wildman–Crippen MR) is 77.9 cm³/mol. The van der Waals surface area contributed by atoms with Crippen LogP contribution in [-0.4, -0.2) is 30.3 Å². The van der Waals surface area contributed by atoms with E-state index in [4.69, 9.17) is 0 Å². The molecule has 1 aliphatic rings. The van der Waals surface area contributed by atoms with Crippen molar-refractivity contribution in [1.82, 2.24) is 10.2 Å². The maximum atomic E-state index is 14.1. The molecule has 114 valence electrons. The van der Waals surface area contributed by atoms with Gasteiger partial charge in [-0.3, -0.25) is 9.59 Å². The lowest BCUT2D eigenvalue weighted by Gasteiger charge is -2.38. The van der Waals surface area contributed by atoms with Gasteiger partial charge in [-0.15, -0.1) is 0 Å². The third-order valence-corrected chi connectivity index (χ3v) is 3.97. The van der Waals surface area contributed by atoms with Crippen LogP contribution >= 0.6 is 0 Å². The SMILES string of the molecule is CCCNC(=O)[C@H]1CCC(=O)N(C)[C@H]1c1ccccc1F. The van der Waals surface area contributed by atoms with Gasteiger partial charge in [0.25, 0.3) is 0 Å². The average Bonchev–Trinajstić information content (AvgIpc) is 2.48. The fourth-order valence-corrected chi connectivity index (χ4v) is 2.83. The molecule has 4 nitrogen and oxygen atoms in total. The minimum Gasteiger partial charge on any atom is -0.356 e. The summed E-state index contributed by atoms with van der Waals surface area (Å²) in [7, 11) is 1.64. The van der Waals surface area contributed by atoms with Gasteiger partial charge in [0, 0.05) is 25.6 Å². The summed E-state index contributed by atoms with van der Waals surface area (Å²) in [5.74, 6) is -0.944. The minimum atomic E-state index is -0.538. The molecule has 0 saturated carbocycles. The number of benzene rings is 1. The number of rotatable bonds is 4. The molecule has 0 unspecified atom stereocenters. The lowest BCUT2D eigenvalue weighted by atomic mass is 9.83. The zero-order chi connectivity index (χ0) is 15.4. The Hall–Kier alpha value is -1.91. The molecule has 2 amide bonds. The molecule has 0 aliphatic carbocycles. The van der Waals surface area contributed by atoms with Crippen LogP contribution in [0.4, 0.5) is 4.39 Å². The van der Waals surface area contributed by atoms with Crippen LogP contribution in [0, 0.1) is 11.7 Å². The van der Waals surface area contributed by atoms with Gasteiger partial charge >= 0.3 is 0 Å². The number of carbonyl (C=O) groups is 2. The lowest BCUT2D eigenvalue weighted by molar-refractivity contribution is -0.141. The first kappa shape index (κ1) is 15.5. The summed E-state index contributed by atoms with van der Waals surface area (Å²) in [6.45, 7) is 2.57. The van der Waals surface area contributed by atoms with E-state index in [-0.39, 0.29) is 17.6 Å². The van der Waals surface area contributed by atoms with Gasteiger partial charge in [-0.1, -0.05) is 25.1 Å². The maximum absolute atomic E-state index is 14.1. The standard InChI is InChI=1S/C16H21FN2O2/c1-3-10-18-16(21)12-8-9-14(20)19(2)15(12)11-6-4-5-7-13(11)17/h4-7,12,15H,3,8-10H2,1-2H3,(H,18,21)/t12-,15-/m0/s1. The highest BCUT2D eigenvalue weighted by Crippen LogP contribution is 2.36. The second-order valence-corrected chi connectivity index (χ2v) is 5.41. The Morgan fingerprint density at radius 1 is 1.43 bits per heavy atom. The Labute approximate surface area is 124 Å². The zero-order valence-corrected chi connectivity index (χ0v) is 12.4. The molecule has 1 heterocycles. The summed E-state index contributed by atoms with van der Waals surface area (Å²) < 4.78 is 14.1. The molecular weight excluding hydrogens is 271 g/mol. The number of nitrogens with zero attached hydrogens (tertiary/aromatic N) is 1. The van der Waals surface area contributed by atoms with Gasteiger partial charge in [0.05, 0.1) is 12.0 Å². The number of hydrogen-bond acceptors (Lipinski definition) is 2. The van der Waals surface area contributed by atoms with Gasteiger partial charge in [0.1, 0.15) is 5.82 Å². The molecule has 0 spiro atoms. The molecule has 1 aromatic carbocycles. The van der Waals surface area contributed by atoms with Gasteiger partial charge in [0.2, 0.25) is 11.8 Å².